The second kappa shape index (κ2) is 8.58. The molecule has 0 saturated carbocycles. The fourth-order valence-electron chi connectivity index (χ4n) is 2.77. The molecule has 4 aromatic heterocycles. The first-order valence-corrected chi connectivity index (χ1v) is 9.44. The summed E-state index contributed by atoms with van der Waals surface area (Å²) in [7, 11) is 3.63. The Morgan fingerprint density at radius 3 is 2.38 bits per heavy atom. The lowest BCUT2D eigenvalue weighted by Crippen LogP contribution is -1.99. The van der Waals surface area contributed by atoms with Crippen molar-refractivity contribution < 1.29 is 0 Å². The highest BCUT2D eigenvalue weighted by atomic mass is 35.5. The van der Waals surface area contributed by atoms with E-state index in [-0.39, 0.29) is 5.15 Å². The van der Waals surface area contributed by atoms with E-state index in [0.717, 1.165) is 29.3 Å². The number of nitrogens with two attached hydrogens (primary N) is 1. The van der Waals surface area contributed by atoms with Crippen molar-refractivity contribution in [2.45, 2.75) is 20.4 Å². The van der Waals surface area contributed by atoms with Gasteiger partial charge in [-0.2, -0.15) is 5.10 Å². The molecule has 0 fully saturated rings. The zero-order valence-corrected chi connectivity index (χ0v) is 17.9. The number of nitrogen functional groups attached to an aromatic ring is 1. The molecule has 10 nitrogen and oxygen atoms in total. The first-order valence-electron chi connectivity index (χ1n) is 8.68. The van der Waals surface area contributed by atoms with Crippen molar-refractivity contribution in [3.63, 3.8) is 0 Å². The standard InChI is InChI=1S/C12H13ClN6.C5H7ClN4/c1-4-19-7(2)8(5-16-19)11-17-9-10(13)14-6-15-12(9)18(11)3;1-8-5-3(7)4(6)9-2-10-5/h5-6H,4H2,1-3H3;2H,7H2,1H3,(H,8,9,10). The van der Waals surface area contributed by atoms with Crippen molar-refractivity contribution in [3.05, 3.63) is 34.9 Å². The summed E-state index contributed by atoms with van der Waals surface area (Å²) in [4.78, 5) is 20.2. The summed E-state index contributed by atoms with van der Waals surface area (Å²) in [6.07, 6.45) is 4.62. The number of anilines is 2. The average molecular weight is 435 g/mol. The molecule has 0 unspecified atom stereocenters. The van der Waals surface area contributed by atoms with Crippen LogP contribution >= 0.6 is 23.2 Å². The lowest BCUT2D eigenvalue weighted by molar-refractivity contribution is 0.640. The normalized spacial score (nSPS) is 10.7. The van der Waals surface area contributed by atoms with Crippen molar-refractivity contribution in [1.82, 2.24) is 39.3 Å². The maximum absolute atomic E-state index is 6.05. The van der Waals surface area contributed by atoms with E-state index in [4.69, 9.17) is 28.9 Å². The quantitative estimate of drug-likeness (QED) is 0.471. The Labute approximate surface area is 177 Å². The van der Waals surface area contributed by atoms with Gasteiger partial charge in [0.25, 0.3) is 0 Å². The zero-order valence-electron chi connectivity index (χ0n) is 16.4. The van der Waals surface area contributed by atoms with Gasteiger partial charge in [-0.3, -0.25) is 4.68 Å². The summed E-state index contributed by atoms with van der Waals surface area (Å²) in [6.45, 7) is 4.91. The molecule has 0 atom stereocenters. The molecule has 12 heteroatoms. The number of halogens is 2. The van der Waals surface area contributed by atoms with E-state index >= 15 is 0 Å². The Morgan fingerprint density at radius 1 is 1.10 bits per heavy atom. The maximum atomic E-state index is 6.05. The molecule has 0 spiro atoms. The Morgan fingerprint density at radius 2 is 1.79 bits per heavy atom. The predicted octanol–water partition coefficient (Wildman–Crippen LogP) is 2.96. The molecule has 4 heterocycles. The molecule has 152 valence electrons. The van der Waals surface area contributed by atoms with Gasteiger partial charge in [0.15, 0.2) is 21.8 Å². The van der Waals surface area contributed by atoms with Crippen molar-refractivity contribution >= 4 is 45.9 Å². The average Bonchev–Trinajstić information content (AvgIpc) is 3.25. The van der Waals surface area contributed by atoms with Gasteiger partial charge in [0.1, 0.15) is 29.7 Å². The number of aryl methyl sites for hydroxylation is 2. The number of nitrogens with one attached hydrogen (secondary N) is 1. The number of nitrogens with zero attached hydrogens (tertiary/aromatic N) is 8. The smallest absolute Gasteiger partial charge is 0.165 e. The molecule has 4 rings (SSSR count). The Balaban J connectivity index is 0.000000204. The minimum Gasteiger partial charge on any atom is -0.393 e. The van der Waals surface area contributed by atoms with Crippen molar-refractivity contribution in [2.24, 2.45) is 7.05 Å². The van der Waals surface area contributed by atoms with E-state index in [1.54, 1.807) is 7.05 Å². The molecule has 29 heavy (non-hydrogen) atoms. The Kier molecular flexibility index (Phi) is 6.14. The first kappa shape index (κ1) is 20.7. The third-order valence-electron chi connectivity index (χ3n) is 4.33. The van der Waals surface area contributed by atoms with Gasteiger partial charge < -0.3 is 15.6 Å². The van der Waals surface area contributed by atoms with Gasteiger partial charge in [0, 0.05) is 26.3 Å². The fraction of sp³-hybridized carbons (Fsp3) is 0.294. The summed E-state index contributed by atoms with van der Waals surface area (Å²) in [6, 6.07) is 0. The summed E-state index contributed by atoms with van der Waals surface area (Å²) < 4.78 is 3.84. The van der Waals surface area contributed by atoms with Gasteiger partial charge in [0.05, 0.1) is 11.8 Å². The molecule has 0 aromatic carbocycles. The number of rotatable bonds is 3. The molecule has 0 aliphatic rings. The molecule has 4 aromatic rings. The van der Waals surface area contributed by atoms with E-state index in [0.29, 0.717) is 22.2 Å². The Bertz CT molecular complexity index is 1150. The van der Waals surface area contributed by atoms with E-state index in [1.165, 1.54) is 12.7 Å². The van der Waals surface area contributed by atoms with Gasteiger partial charge >= 0.3 is 0 Å². The number of hydrogen-bond donors (Lipinski definition) is 2. The minimum atomic E-state index is 0.277. The molecular weight excluding hydrogens is 415 g/mol. The Hall–Kier alpha value is -2.98. The molecular formula is C17H20Cl2N10. The first-order chi connectivity index (χ1) is 13.9. The van der Waals surface area contributed by atoms with Crippen LogP contribution in [0.25, 0.3) is 22.6 Å². The van der Waals surface area contributed by atoms with Crippen molar-refractivity contribution in [2.75, 3.05) is 18.1 Å². The third-order valence-corrected chi connectivity index (χ3v) is 4.90. The highest BCUT2D eigenvalue weighted by molar-refractivity contribution is 6.33. The topological polar surface area (TPSA) is 125 Å². The van der Waals surface area contributed by atoms with Crippen LogP contribution in [-0.2, 0) is 13.6 Å². The van der Waals surface area contributed by atoms with E-state index in [9.17, 15) is 0 Å². The van der Waals surface area contributed by atoms with Gasteiger partial charge in [-0.25, -0.2) is 24.9 Å². The summed E-state index contributed by atoms with van der Waals surface area (Å²) in [5, 5.41) is 7.76. The lowest BCUT2D eigenvalue weighted by atomic mass is 10.2. The highest BCUT2D eigenvalue weighted by Gasteiger charge is 2.17. The third kappa shape index (κ3) is 3.94. The monoisotopic (exact) mass is 434 g/mol. The van der Waals surface area contributed by atoms with Crippen LogP contribution in [0.4, 0.5) is 11.5 Å². The van der Waals surface area contributed by atoms with Crippen LogP contribution in [0.2, 0.25) is 10.3 Å². The number of imidazole rings is 1. The lowest BCUT2D eigenvalue weighted by Gasteiger charge is -2.02. The summed E-state index contributed by atoms with van der Waals surface area (Å²) in [5.41, 5.74) is 9.25. The SMILES string of the molecule is CCn1ncc(-c2nc3c(Cl)ncnc3n2C)c1C.CNc1ncnc(Cl)c1N. The minimum absolute atomic E-state index is 0.277. The number of fused-ring (bicyclic) bond motifs is 1. The number of aromatic nitrogens is 8. The summed E-state index contributed by atoms with van der Waals surface area (Å²) in [5.74, 6) is 1.36. The van der Waals surface area contributed by atoms with Gasteiger partial charge in [-0.15, -0.1) is 0 Å². The molecule has 0 aliphatic heterocycles. The summed E-state index contributed by atoms with van der Waals surface area (Å²) >= 11 is 11.6. The van der Waals surface area contributed by atoms with E-state index in [1.807, 2.05) is 29.4 Å². The molecule has 0 amide bonds. The molecule has 0 saturated heterocycles. The number of hydrogen-bond acceptors (Lipinski definition) is 8. The van der Waals surface area contributed by atoms with Crippen LogP contribution in [0, 0.1) is 6.92 Å². The second-order valence-corrected chi connectivity index (χ2v) is 6.68. The molecule has 0 aliphatic carbocycles. The van der Waals surface area contributed by atoms with Gasteiger partial charge in [-0.05, 0) is 13.8 Å². The van der Waals surface area contributed by atoms with Crippen LogP contribution in [-0.4, -0.2) is 46.3 Å². The van der Waals surface area contributed by atoms with E-state index < -0.39 is 0 Å². The largest absolute Gasteiger partial charge is 0.393 e. The second-order valence-electron chi connectivity index (χ2n) is 5.97. The van der Waals surface area contributed by atoms with Crippen LogP contribution < -0.4 is 11.1 Å². The van der Waals surface area contributed by atoms with Gasteiger partial charge in [0.2, 0.25) is 0 Å². The highest BCUT2D eigenvalue weighted by Crippen LogP contribution is 2.27. The molecule has 3 N–H and O–H groups in total. The maximum Gasteiger partial charge on any atom is 0.165 e. The molecule has 0 bridgehead atoms. The molecule has 0 radical (unpaired) electrons. The fourth-order valence-corrected chi connectivity index (χ4v) is 3.07. The van der Waals surface area contributed by atoms with Crippen LogP contribution in [0.1, 0.15) is 12.6 Å². The van der Waals surface area contributed by atoms with Crippen molar-refractivity contribution in [3.8, 4) is 11.4 Å². The van der Waals surface area contributed by atoms with Gasteiger partial charge in [-0.1, -0.05) is 23.2 Å². The zero-order chi connectivity index (χ0) is 21.1. The van der Waals surface area contributed by atoms with Crippen molar-refractivity contribution in [1.29, 1.82) is 0 Å². The van der Waals surface area contributed by atoms with Crippen LogP contribution in [0.15, 0.2) is 18.9 Å². The van der Waals surface area contributed by atoms with E-state index in [2.05, 4.69) is 42.3 Å². The predicted molar refractivity (Wildman–Crippen MR) is 114 cm³/mol. The van der Waals surface area contributed by atoms with Crippen LogP contribution in [0.3, 0.4) is 0 Å². The van der Waals surface area contributed by atoms with Crippen LogP contribution in [0.5, 0.6) is 0 Å².